The fourth-order valence-electron chi connectivity index (χ4n) is 2.45. The lowest BCUT2D eigenvalue weighted by atomic mass is 10.2. The summed E-state index contributed by atoms with van der Waals surface area (Å²) < 4.78 is 6.94. The van der Waals surface area contributed by atoms with Crippen LogP contribution in [0.15, 0.2) is 9.95 Å². The van der Waals surface area contributed by atoms with Gasteiger partial charge in [-0.05, 0) is 33.3 Å². The maximum Gasteiger partial charge on any atom is 0.348 e. The highest BCUT2D eigenvalue weighted by molar-refractivity contribution is 7.99. The lowest BCUT2D eigenvalue weighted by molar-refractivity contribution is 0.0531. The van der Waals surface area contributed by atoms with Gasteiger partial charge in [-0.2, -0.15) is 0 Å². The van der Waals surface area contributed by atoms with Gasteiger partial charge in [0.1, 0.15) is 21.4 Å². The molecule has 0 aliphatic heterocycles. The number of carbonyl (C=O) groups is 1. The molecule has 0 spiro atoms. The molecule has 0 aromatic carbocycles. The number of nitrogens with one attached hydrogen (secondary N) is 1. The Hall–Kier alpha value is -2.20. The van der Waals surface area contributed by atoms with E-state index in [2.05, 4.69) is 20.2 Å². The Morgan fingerprint density at radius 1 is 1.38 bits per heavy atom. The normalized spacial score (nSPS) is 12.5. The van der Waals surface area contributed by atoms with E-state index in [1.165, 1.54) is 23.1 Å². The van der Waals surface area contributed by atoms with Crippen molar-refractivity contribution in [2.75, 3.05) is 6.61 Å². The highest BCUT2D eigenvalue weighted by Crippen LogP contribution is 2.33. The molecule has 1 N–H and O–H groups in total. The second-order valence-corrected chi connectivity index (χ2v) is 8.06. The van der Waals surface area contributed by atoms with Crippen LogP contribution in [0.3, 0.4) is 0 Å². The topological polar surface area (TPSA) is 103 Å². The summed E-state index contributed by atoms with van der Waals surface area (Å²) in [4.78, 5) is 33.0. The third-order valence-electron chi connectivity index (χ3n) is 4.00. The number of aromatic nitrogens is 5. The Balaban J connectivity index is 1.99. The summed E-state index contributed by atoms with van der Waals surface area (Å²) in [6.45, 7) is 7.58. The summed E-state index contributed by atoms with van der Waals surface area (Å²) in [6, 6.07) is 0. The van der Waals surface area contributed by atoms with E-state index in [0.717, 1.165) is 11.0 Å². The summed E-state index contributed by atoms with van der Waals surface area (Å²) in [5.41, 5.74) is 0.351. The van der Waals surface area contributed by atoms with Crippen molar-refractivity contribution in [3.8, 4) is 0 Å². The Bertz CT molecular complexity index is 1040. The molecule has 0 saturated carbocycles. The van der Waals surface area contributed by atoms with E-state index >= 15 is 0 Å². The van der Waals surface area contributed by atoms with Crippen LogP contribution >= 0.6 is 23.1 Å². The van der Waals surface area contributed by atoms with Gasteiger partial charge in [0.2, 0.25) is 0 Å². The molecule has 8 nitrogen and oxygen atoms in total. The van der Waals surface area contributed by atoms with Gasteiger partial charge in [-0.3, -0.25) is 4.79 Å². The predicted molar refractivity (Wildman–Crippen MR) is 101 cm³/mol. The molecule has 138 valence electrons. The van der Waals surface area contributed by atoms with Crippen LogP contribution in [0.25, 0.3) is 10.2 Å². The lowest BCUT2D eigenvalue weighted by Gasteiger charge is -2.09. The number of fused-ring (bicyclic) bond motifs is 1. The van der Waals surface area contributed by atoms with Crippen molar-refractivity contribution < 1.29 is 9.53 Å². The first-order valence-corrected chi connectivity index (χ1v) is 9.76. The van der Waals surface area contributed by atoms with Crippen molar-refractivity contribution in [3.05, 3.63) is 32.4 Å². The molecule has 0 amide bonds. The van der Waals surface area contributed by atoms with E-state index in [1.54, 1.807) is 13.8 Å². The van der Waals surface area contributed by atoms with E-state index in [1.807, 2.05) is 25.5 Å². The molecule has 3 heterocycles. The maximum atomic E-state index is 12.6. The van der Waals surface area contributed by atoms with E-state index in [9.17, 15) is 9.59 Å². The Kier molecular flexibility index (Phi) is 5.15. The Morgan fingerprint density at radius 3 is 2.73 bits per heavy atom. The number of thioether (sulfide) groups is 1. The number of aryl methyl sites for hydroxylation is 2. The zero-order valence-electron chi connectivity index (χ0n) is 15.1. The molecule has 0 radical (unpaired) electrons. The first-order valence-electron chi connectivity index (χ1n) is 8.06. The van der Waals surface area contributed by atoms with Gasteiger partial charge in [0.25, 0.3) is 5.56 Å². The average Bonchev–Trinajstić information content (AvgIpc) is 3.09. The molecule has 26 heavy (non-hydrogen) atoms. The molecule has 10 heteroatoms. The minimum Gasteiger partial charge on any atom is -0.462 e. The van der Waals surface area contributed by atoms with Crippen molar-refractivity contribution in [3.63, 3.8) is 0 Å². The zero-order chi connectivity index (χ0) is 19.0. The largest absolute Gasteiger partial charge is 0.462 e. The van der Waals surface area contributed by atoms with Crippen LogP contribution in [0.1, 0.15) is 46.0 Å². The third-order valence-corrected chi connectivity index (χ3v) is 6.31. The number of esters is 1. The molecule has 0 aliphatic rings. The smallest absolute Gasteiger partial charge is 0.348 e. The van der Waals surface area contributed by atoms with Crippen LogP contribution in [-0.4, -0.2) is 37.3 Å². The molecular formula is C16H19N5O3S2. The monoisotopic (exact) mass is 393 g/mol. The van der Waals surface area contributed by atoms with Crippen LogP contribution < -0.4 is 5.56 Å². The van der Waals surface area contributed by atoms with Gasteiger partial charge in [-0.1, -0.05) is 11.8 Å². The molecule has 0 saturated heterocycles. The quantitative estimate of drug-likeness (QED) is 0.525. The van der Waals surface area contributed by atoms with Crippen molar-refractivity contribution >= 4 is 39.3 Å². The minimum absolute atomic E-state index is 0.136. The number of ether oxygens (including phenoxy) is 1. The van der Waals surface area contributed by atoms with Gasteiger partial charge >= 0.3 is 5.97 Å². The number of rotatable bonds is 5. The van der Waals surface area contributed by atoms with Gasteiger partial charge < -0.3 is 14.3 Å². The summed E-state index contributed by atoms with van der Waals surface area (Å²) in [5.74, 6) is 0.917. The van der Waals surface area contributed by atoms with Gasteiger partial charge in [0.15, 0.2) is 5.16 Å². The average molecular weight is 393 g/mol. The van der Waals surface area contributed by atoms with Crippen LogP contribution in [0, 0.1) is 13.8 Å². The molecule has 0 unspecified atom stereocenters. The first kappa shape index (κ1) is 18.6. The first-order chi connectivity index (χ1) is 12.3. The Labute approximate surface area is 158 Å². The van der Waals surface area contributed by atoms with Crippen LogP contribution in [0.5, 0.6) is 0 Å². The van der Waals surface area contributed by atoms with E-state index in [4.69, 9.17) is 4.74 Å². The maximum absolute atomic E-state index is 12.6. The molecule has 3 rings (SSSR count). The SMILES string of the molecule is CCOC(=O)c1sc2nc([C@H](C)Sc3nnc(C)n3C)[nH]c(=O)c2c1C. The number of H-pyrrole nitrogens is 1. The standard InChI is InChI=1S/C16H19N5O3S2/c1-6-24-15(23)11-7(2)10-13(22)17-12(18-14(10)26-11)8(3)25-16-20-19-9(4)21(16)5/h8H,6H2,1-5H3,(H,17,18,22)/t8-/m0/s1. The summed E-state index contributed by atoms with van der Waals surface area (Å²) >= 11 is 2.64. The lowest BCUT2D eigenvalue weighted by Crippen LogP contribution is -2.13. The number of thiophene rings is 1. The third kappa shape index (κ3) is 3.26. The van der Waals surface area contributed by atoms with E-state index in [0.29, 0.717) is 26.5 Å². The fraction of sp³-hybridized carbons (Fsp3) is 0.438. The van der Waals surface area contributed by atoms with E-state index in [-0.39, 0.29) is 17.4 Å². The van der Waals surface area contributed by atoms with Gasteiger partial charge in [-0.25, -0.2) is 9.78 Å². The van der Waals surface area contributed by atoms with Crippen molar-refractivity contribution in [2.45, 2.75) is 38.1 Å². The predicted octanol–water partition coefficient (Wildman–Crippen LogP) is 2.76. The van der Waals surface area contributed by atoms with Crippen molar-refractivity contribution in [2.24, 2.45) is 7.05 Å². The fourth-order valence-corrected chi connectivity index (χ4v) is 4.45. The molecule has 0 fully saturated rings. The summed E-state index contributed by atoms with van der Waals surface area (Å²) in [5, 5.41) is 9.20. The van der Waals surface area contributed by atoms with Crippen LogP contribution in [-0.2, 0) is 11.8 Å². The number of carbonyl (C=O) groups excluding carboxylic acids is 1. The van der Waals surface area contributed by atoms with Crippen LogP contribution in [0.2, 0.25) is 0 Å². The van der Waals surface area contributed by atoms with Gasteiger partial charge in [0.05, 0.1) is 17.2 Å². The zero-order valence-corrected chi connectivity index (χ0v) is 16.7. The van der Waals surface area contributed by atoms with Gasteiger partial charge in [-0.15, -0.1) is 21.5 Å². The number of hydrogen-bond acceptors (Lipinski definition) is 8. The van der Waals surface area contributed by atoms with Crippen LogP contribution in [0.4, 0.5) is 0 Å². The molecule has 3 aromatic heterocycles. The highest BCUT2D eigenvalue weighted by Gasteiger charge is 2.22. The second-order valence-electron chi connectivity index (χ2n) is 5.76. The molecule has 0 bridgehead atoms. The minimum atomic E-state index is -0.425. The van der Waals surface area contributed by atoms with Crippen molar-refractivity contribution in [1.82, 2.24) is 24.7 Å². The summed E-state index contributed by atoms with van der Waals surface area (Å²) in [7, 11) is 1.89. The van der Waals surface area contributed by atoms with Gasteiger partial charge in [0, 0.05) is 7.05 Å². The number of hydrogen-bond donors (Lipinski definition) is 1. The second kappa shape index (κ2) is 7.20. The molecule has 3 aromatic rings. The highest BCUT2D eigenvalue weighted by atomic mass is 32.2. The van der Waals surface area contributed by atoms with Crippen molar-refractivity contribution in [1.29, 1.82) is 0 Å². The molecule has 1 atom stereocenters. The number of nitrogens with zero attached hydrogens (tertiary/aromatic N) is 4. The van der Waals surface area contributed by atoms with E-state index < -0.39 is 5.97 Å². The summed E-state index contributed by atoms with van der Waals surface area (Å²) in [6.07, 6.45) is 0. The molecule has 0 aliphatic carbocycles. The number of aromatic amines is 1. The Morgan fingerprint density at radius 2 is 2.12 bits per heavy atom. The molecular weight excluding hydrogens is 374 g/mol.